The highest BCUT2D eigenvalue weighted by atomic mass is 127. The van der Waals surface area contributed by atoms with Crippen molar-refractivity contribution in [2.75, 3.05) is 52.4 Å². The molecule has 0 aromatic rings. The number of guanidine groups is 1. The maximum absolute atomic E-state index is 4.75. The van der Waals surface area contributed by atoms with E-state index >= 15 is 0 Å². The zero-order valence-electron chi connectivity index (χ0n) is 12.9. The van der Waals surface area contributed by atoms with E-state index in [0.29, 0.717) is 6.04 Å². The third kappa shape index (κ3) is 5.37. The van der Waals surface area contributed by atoms with E-state index in [1.165, 1.54) is 45.6 Å². The van der Waals surface area contributed by atoms with E-state index in [4.69, 9.17) is 4.99 Å². The van der Waals surface area contributed by atoms with Gasteiger partial charge in [0.05, 0.1) is 6.54 Å². The highest BCUT2D eigenvalue weighted by molar-refractivity contribution is 14.0. The summed E-state index contributed by atoms with van der Waals surface area (Å²) >= 11 is 0. The molecule has 0 aromatic carbocycles. The van der Waals surface area contributed by atoms with Crippen molar-refractivity contribution in [1.82, 2.24) is 20.4 Å². The van der Waals surface area contributed by atoms with Gasteiger partial charge in [-0.2, -0.15) is 0 Å². The lowest BCUT2D eigenvalue weighted by Crippen LogP contribution is -2.62. The van der Waals surface area contributed by atoms with Crippen LogP contribution in [0.1, 0.15) is 26.7 Å². The van der Waals surface area contributed by atoms with Gasteiger partial charge in [0, 0.05) is 51.9 Å². The number of nitrogens with zero attached hydrogens (tertiary/aromatic N) is 3. The van der Waals surface area contributed by atoms with Gasteiger partial charge in [-0.25, -0.2) is 0 Å². The van der Waals surface area contributed by atoms with E-state index in [9.17, 15) is 0 Å². The predicted molar refractivity (Wildman–Crippen MR) is 96.1 cm³/mol. The minimum absolute atomic E-state index is 0. The van der Waals surface area contributed by atoms with Crippen molar-refractivity contribution < 1.29 is 0 Å². The largest absolute Gasteiger partial charge is 0.357 e. The molecule has 3 fully saturated rings. The van der Waals surface area contributed by atoms with Gasteiger partial charge in [-0.15, -0.1) is 24.0 Å². The van der Waals surface area contributed by atoms with Crippen molar-refractivity contribution in [3.63, 3.8) is 0 Å². The summed E-state index contributed by atoms with van der Waals surface area (Å²) in [6.07, 6.45) is 2.42. The Hall–Kier alpha value is -0.0800. The predicted octanol–water partition coefficient (Wildman–Crippen LogP) is 0.959. The second kappa shape index (κ2) is 9.78. The quantitative estimate of drug-likeness (QED) is 0.304. The molecule has 5 nitrogen and oxygen atoms in total. The zero-order valence-corrected chi connectivity index (χ0v) is 15.2. The number of rotatable bonds is 6. The number of halogens is 1. The highest BCUT2D eigenvalue weighted by Crippen LogP contribution is 2.15. The van der Waals surface area contributed by atoms with Gasteiger partial charge in [0.15, 0.2) is 5.96 Å². The van der Waals surface area contributed by atoms with Gasteiger partial charge in [-0.3, -0.25) is 14.8 Å². The second-order valence-corrected chi connectivity index (χ2v) is 5.49. The molecular weight excluding hydrogens is 365 g/mol. The number of fused-ring (bicyclic) bond motifs is 3. The molecule has 0 amide bonds. The topological polar surface area (TPSA) is 42.9 Å². The van der Waals surface area contributed by atoms with Crippen LogP contribution in [0.2, 0.25) is 0 Å². The van der Waals surface area contributed by atoms with Gasteiger partial charge < -0.3 is 10.6 Å². The number of unbranched alkanes of at least 4 members (excludes halogenated alkanes) is 1. The molecule has 1 unspecified atom stereocenters. The maximum atomic E-state index is 4.75. The Morgan fingerprint density at radius 2 is 1.90 bits per heavy atom. The molecule has 0 aromatic heterocycles. The summed E-state index contributed by atoms with van der Waals surface area (Å²) in [5.74, 6) is 0.980. The summed E-state index contributed by atoms with van der Waals surface area (Å²) in [4.78, 5) is 9.92. The Balaban J connectivity index is 0.00000200. The Labute approximate surface area is 140 Å². The molecule has 3 aliphatic heterocycles. The van der Waals surface area contributed by atoms with E-state index < -0.39 is 0 Å². The summed E-state index contributed by atoms with van der Waals surface area (Å²) in [5, 5.41) is 6.74. The average molecular weight is 395 g/mol. The average Bonchev–Trinajstić information content (AvgIpc) is 2.46. The first-order valence-corrected chi connectivity index (χ1v) is 7.82. The Kier molecular flexibility index (Phi) is 8.79. The van der Waals surface area contributed by atoms with E-state index in [2.05, 4.69) is 34.3 Å². The van der Waals surface area contributed by atoms with Crippen LogP contribution in [0.25, 0.3) is 0 Å². The molecule has 6 heteroatoms. The maximum Gasteiger partial charge on any atom is 0.191 e. The fraction of sp³-hybridized carbons (Fsp3) is 0.929. The first kappa shape index (κ1) is 18.0. The van der Waals surface area contributed by atoms with Crippen LogP contribution in [0.5, 0.6) is 0 Å². The minimum Gasteiger partial charge on any atom is -0.357 e. The Morgan fingerprint density at radius 1 is 1.15 bits per heavy atom. The van der Waals surface area contributed by atoms with E-state index in [-0.39, 0.29) is 24.0 Å². The Bertz CT molecular complexity index is 289. The van der Waals surface area contributed by atoms with Crippen LogP contribution in [0, 0.1) is 0 Å². The molecule has 3 heterocycles. The highest BCUT2D eigenvalue weighted by Gasteiger charge is 2.31. The molecular formula is C14H30IN5. The molecule has 0 spiro atoms. The molecule has 118 valence electrons. The molecule has 2 N–H and O–H groups in total. The van der Waals surface area contributed by atoms with E-state index in [1.54, 1.807) is 0 Å². The van der Waals surface area contributed by atoms with Crippen LogP contribution in [0.4, 0.5) is 0 Å². The second-order valence-electron chi connectivity index (χ2n) is 5.49. The molecule has 0 radical (unpaired) electrons. The summed E-state index contributed by atoms with van der Waals surface area (Å²) in [6, 6.07) is 0.615. The first-order valence-electron chi connectivity index (χ1n) is 7.82. The van der Waals surface area contributed by atoms with Crippen LogP contribution in [-0.2, 0) is 0 Å². The van der Waals surface area contributed by atoms with Gasteiger partial charge in [0.25, 0.3) is 0 Å². The van der Waals surface area contributed by atoms with Gasteiger partial charge >= 0.3 is 0 Å². The number of aliphatic imine (C=N–C) groups is 1. The minimum atomic E-state index is 0. The first-order chi connectivity index (χ1) is 9.33. The number of piperazine rings is 3. The summed E-state index contributed by atoms with van der Waals surface area (Å²) in [5.41, 5.74) is 0. The van der Waals surface area contributed by atoms with Crippen molar-refractivity contribution in [2.45, 2.75) is 32.7 Å². The van der Waals surface area contributed by atoms with Crippen LogP contribution in [0.3, 0.4) is 0 Å². The zero-order chi connectivity index (χ0) is 13.5. The fourth-order valence-electron chi connectivity index (χ4n) is 2.82. The number of hydrogen-bond acceptors (Lipinski definition) is 3. The van der Waals surface area contributed by atoms with Gasteiger partial charge in [0.2, 0.25) is 0 Å². The number of hydrogen-bond donors (Lipinski definition) is 2. The molecule has 0 aliphatic carbocycles. The molecule has 1 atom stereocenters. The van der Waals surface area contributed by atoms with Crippen LogP contribution in [0.15, 0.2) is 4.99 Å². The van der Waals surface area contributed by atoms with Crippen LogP contribution < -0.4 is 10.6 Å². The number of nitrogens with one attached hydrogen (secondary N) is 2. The van der Waals surface area contributed by atoms with Crippen molar-refractivity contribution >= 4 is 29.9 Å². The monoisotopic (exact) mass is 395 g/mol. The standard InChI is InChI=1S/C14H29N5.HI/c1-3-5-6-16-14(15-4-2)17-11-13-12-18-7-9-19(13)10-8-18;/h13H,3-12H2,1-2H3,(H2,15,16,17);1H. The van der Waals surface area contributed by atoms with Crippen LogP contribution in [-0.4, -0.2) is 74.2 Å². The van der Waals surface area contributed by atoms with E-state index in [1.807, 2.05) is 0 Å². The molecule has 3 aliphatic rings. The van der Waals surface area contributed by atoms with Crippen molar-refractivity contribution in [3.05, 3.63) is 0 Å². The van der Waals surface area contributed by atoms with Crippen LogP contribution >= 0.6 is 24.0 Å². The SMILES string of the molecule is CCCCNC(=NCC1CN2CCN1CC2)NCC.I. The lowest BCUT2D eigenvalue weighted by atomic mass is 10.1. The third-order valence-corrected chi connectivity index (χ3v) is 4.02. The van der Waals surface area contributed by atoms with Gasteiger partial charge in [0.1, 0.15) is 0 Å². The smallest absolute Gasteiger partial charge is 0.191 e. The lowest BCUT2D eigenvalue weighted by Gasteiger charge is -2.47. The van der Waals surface area contributed by atoms with Crippen molar-refractivity contribution in [2.24, 2.45) is 4.99 Å². The van der Waals surface area contributed by atoms with Gasteiger partial charge in [-0.05, 0) is 13.3 Å². The summed E-state index contributed by atoms with van der Waals surface area (Å²) < 4.78 is 0. The van der Waals surface area contributed by atoms with Crippen molar-refractivity contribution in [3.8, 4) is 0 Å². The van der Waals surface area contributed by atoms with Crippen molar-refractivity contribution in [1.29, 1.82) is 0 Å². The third-order valence-electron chi connectivity index (χ3n) is 4.02. The normalized spacial score (nSPS) is 28.9. The molecule has 3 saturated heterocycles. The Morgan fingerprint density at radius 3 is 2.45 bits per heavy atom. The summed E-state index contributed by atoms with van der Waals surface area (Å²) in [7, 11) is 0. The van der Waals surface area contributed by atoms with Gasteiger partial charge in [-0.1, -0.05) is 13.3 Å². The molecule has 2 bridgehead atoms. The van der Waals surface area contributed by atoms with E-state index in [0.717, 1.165) is 25.6 Å². The fourth-order valence-corrected chi connectivity index (χ4v) is 2.82. The molecule has 0 saturated carbocycles. The molecule has 3 rings (SSSR count). The molecule has 20 heavy (non-hydrogen) atoms. The lowest BCUT2D eigenvalue weighted by molar-refractivity contribution is 0.0174. The summed E-state index contributed by atoms with van der Waals surface area (Å²) in [6.45, 7) is 13.3.